The molecule has 0 aliphatic rings. The number of nitrogens with zero attached hydrogens (tertiary/aromatic N) is 1. The number of likely N-dealkylation sites (N-methyl/N-ethyl adjacent to an activating group) is 1. The Labute approximate surface area is 115 Å². The molecule has 0 fully saturated rings. The van der Waals surface area contributed by atoms with Crippen molar-refractivity contribution in [3.05, 3.63) is 40.2 Å². The minimum absolute atomic E-state index is 0.147. The Morgan fingerprint density at radius 1 is 1.40 bits per heavy atom. The second kappa shape index (κ2) is 5.75. The van der Waals surface area contributed by atoms with Gasteiger partial charge in [-0.15, -0.1) is 0 Å². The van der Waals surface area contributed by atoms with Crippen LogP contribution in [-0.4, -0.2) is 48.2 Å². The lowest BCUT2D eigenvalue weighted by Crippen LogP contribution is -2.19. The molecule has 6 heteroatoms. The van der Waals surface area contributed by atoms with Crippen LogP contribution in [0.4, 0.5) is 0 Å². The van der Waals surface area contributed by atoms with Crippen molar-refractivity contribution in [2.24, 2.45) is 0 Å². The highest BCUT2D eigenvalue weighted by atomic mass is 16.5. The van der Waals surface area contributed by atoms with Gasteiger partial charge < -0.3 is 19.7 Å². The van der Waals surface area contributed by atoms with Crippen LogP contribution in [0.15, 0.2) is 29.1 Å². The maximum Gasteiger partial charge on any atom is 0.352 e. The number of fused-ring (bicyclic) bond motifs is 1. The number of ether oxygens (including phenoxy) is 1. The van der Waals surface area contributed by atoms with E-state index in [1.165, 1.54) is 0 Å². The monoisotopic (exact) mass is 276 g/mol. The van der Waals surface area contributed by atoms with Crippen molar-refractivity contribution in [3.8, 4) is 5.75 Å². The number of aromatic amines is 1. The number of carboxylic acids is 1. The Bertz CT molecular complexity index is 691. The van der Waals surface area contributed by atoms with Crippen LogP contribution in [0.5, 0.6) is 5.75 Å². The highest BCUT2D eigenvalue weighted by Gasteiger charge is 2.11. The van der Waals surface area contributed by atoms with Gasteiger partial charge in [0.1, 0.15) is 18.1 Å². The molecule has 0 atom stereocenters. The summed E-state index contributed by atoms with van der Waals surface area (Å²) in [4.78, 5) is 27.6. The average Bonchev–Trinajstić information content (AvgIpc) is 2.38. The van der Waals surface area contributed by atoms with Crippen molar-refractivity contribution in [1.82, 2.24) is 9.88 Å². The van der Waals surface area contributed by atoms with Gasteiger partial charge in [0.25, 0.3) is 0 Å². The Morgan fingerprint density at radius 2 is 2.15 bits per heavy atom. The maximum absolute atomic E-state index is 11.9. The second-order valence-electron chi connectivity index (χ2n) is 4.68. The summed E-state index contributed by atoms with van der Waals surface area (Å²) < 4.78 is 5.62. The molecule has 20 heavy (non-hydrogen) atoms. The van der Waals surface area contributed by atoms with E-state index in [-0.39, 0.29) is 11.1 Å². The fraction of sp³-hybridized carbons (Fsp3) is 0.286. The smallest absolute Gasteiger partial charge is 0.352 e. The second-order valence-corrected chi connectivity index (χ2v) is 4.68. The van der Waals surface area contributed by atoms with Crippen LogP contribution >= 0.6 is 0 Å². The van der Waals surface area contributed by atoms with Gasteiger partial charge in [0, 0.05) is 18.0 Å². The Hall–Kier alpha value is -2.34. The molecule has 106 valence electrons. The van der Waals surface area contributed by atoms with Crippen molar-refractivity contribution >= 4 is 16.9 Å². The normalized spacial score (nSPS) is 10.9. The standard InChI is InChI=1S/C14H16N2O4/c1-16(2)6-7-20-12-5-3-4-9-11(17)8-10(14(18)19)15-13(9)12/h3-5,8H,6-7H2,1-2H3,(H,15,17)(H,18,19). The van der Waals surface area contributed by atoms with Gasteiger partial charge in [-0.1, -0.05) is 6.07 Å². The number of H-pyrrole nitrogens is 1. The minimum atomic E-state index is -1.17. The zero-order valence-corrected chi connectivity index (χ0v) is 11.3. The minimum Gasteiger partial charge on any atom is -0.490 e. The zero-order valence-electron chi connectivity index (χ0n) is 11.3. The number of nitrogens with one attached hydrogen (secondary N) is 1. The number of para-hydroxylation sites is 1. The molecular formula is C14H16N2O4. The van der Waals surface area contributed by atoms with Crippen LogP contribution in [0.1, 0.15) is 10.5 Å². The van der Waals surface area contributed by atoms with Crippen molar-refractivity contribution in [2.75, 3.05) is 27.2 Å². The van der Waals surface area contributed by atoms with Gasteiger partial charge in [-0.25, -0.2) is 4.79 Å². The largest absolute Gasteiger partial charge is 0.490 e. The zero-order chi connectivity index (χ0) is 14.7. The Kier molecular flexibility index (Phi) is 4.05. The predicted octanol–water partition coefficient (Wildman–Crippen LogP) is 1.17. The summed E-state index contributed by atoms with van der Waals surface area (Å²) in [6, 6.07) is 6.13. The summed E-state index contributed by atoms with van der Waals surface area (Å²) in [6.45, 7) is 1.17. The Balaban J connectivity index is 2.44. The number of rotatable bonds is 5. The molecule has 2 rings (SSSR count). The van der Waals surface area contributed by atoms with Crippen LogP contribution in [0.2, 0.25) is 0 Å². The average molecular weight is 276 g/mol. The van der Waals surface area contributed by atoms with E-state index in [0.29, 0.717) is 23.3 Å². The van der Waals surface area contributed by atoms with E-state index >= 15 is 0 Å². The molecule has 1 aromatic heterocycles. The van der Waals surface area contributed by atoms with Gasteiger partial charge in [0.15, 0.2) is 5.43 Å². The molecule has 0 aliphatic heterocycles. The predicted molar refractivity (Wildman–Crippen MR) is 75.6 cm³/mol. The van der Waals surface area contributed by atoms with Crippen LogP contribution in [0, 0.1) is 0 Å². The molecule has 0 amide bonds. The first-order valence-electron chi connectivity index (χ1n) is 6.16. The number of aromatic nitrogens is 1. The molecule has 0 unspecified atom stereocenters. The SMILES string of the molecule is CN(C)CCOc1cccc2c(=O)cc(C(=O)O)[nH]c12. The lowest BCUT2D eigenvalue weighted by molar-refractivity contribution is 0.0691. The lowest BCUT2D eigenvalue weighted by atomic mass is 10.2. The molecule has 0 radical (unpaired) electrons. The lowest BCUT2D eigenvalue weighted by Gasteiger charge is -2.12. The van der Waals surface area contributed by atoms with Gasteiger partial charge in [-0.2, -0.15) is 0 Å². The molecule has 0 saturated heterocycles. The van der Waals surface area contributed by atoms with E-state index in [9.17, 15) is 9.59 Å². The number of aromatic carboxylic acids is 1. The van der Waals surface area contributed by atoms with Crippen LogP contribution in [0.25, 0.3) is 10.9 Å². The topological polar surface area (TPSA) is 82.6 Å². The molecule has 2 aromatic rings. The molecule has 0 bridgehead atoms. The van der Waals surface area contributed by atoms with E-state index < -0.39 is 5.97 Å². The van der Waals surface area contributed by atoms with Gasteiger partial charge in [-0.05, 0) is 26.2 Å². The van der Waals surface area contributed by atoms with Crippen LogP contribution < -0.4 is 10.2 Å². The molecule has 0 spiro atoms. The third-order valence-electron chi connectivity index (χ3n) is 2.85. The maximum atomic E-state index is 11.9. The molecule has 1 heterocycles. The van der Waals surface area contributed by atoms with Gasteiger partial charge in [0.05, 0.1) is 5.52 Å². The van der Waals surface area contributed by atoms with Crippen molar-refractivity contribution in [1.29, 1.82) is 0 Å². The molecular weight excluding hydrogens is 260 g/mol. The van der Waals surface area contributed by atoms with Gasteiger partial charge in [-0.3, -0.25) is 4.79 Å². The molecule has 6 nitrogen and oxygen atoms in total. The fourth-order valence-corrected chi connectivity index (χ4v) is 1.82. The van der Waals surface area contributed by atoms with Crippen molar-refractivity contribution < 1.29 is 14.6 Å². The number of pyridine rings is 1. The first-order chi connectivity index (χ1) is 9.49. The number of carboxylic acid groups (broad SMARTS) is 1. The van der Waals surface area contributed by atoms with Crippen molar-refractivity contribution in [2.45, 2.75) is 0 Å². The quantitative estimate of drug-likeness (QED) is 0.856. The van der Waals surface area contributed by atoms with E-state index in [1.54, 1.807) is 18.2 Å². The first kappa shape index (κ1) is 14.1. The molecule has 2 N–H and O–H groups in total. The van der Waals surface area contributed by atoms with Crippen molar-refractivity contribution in [3.63, 3.8) is 0 Å². The summed E-state index contributed by atoms with van der Waals surface area (Å²) in [5, 5.41) is 9.41. The fourth-order valence-electron chi connectivity index (χ4n) is 1.82. The van der Waals surface area contributed by atoms with E-state index in [2.05, 4.69) is 4.98 Å². The van der Waals surface area contributed by atoms with E-state index in [4.69, 9.17) is 9.84 Å². The highest BCUT2D eigenvalue weighted by Crippen LogP contribution is 2.21. The Morgan fingerprint density at radius 3 is 2.80 bits per heavy atom. The first-order valence-corrected chi connectivity index (χ1v) is 6.16. The number of carbonyl (C=O) groups is 1. The summed E-state index contributed by atoms with van der Waals surface area (Å²) in [5.74, 6) is -0.698. The third kappa shape index (κ3) is 2.97. The van der Waals surface area contributed by atoms with Crippen LogP contribution in [0.3, 0.4) is 0 Å². The number of benzene rings is 1. The van der Waals surface area contributed by atoms with E-state index in [1.807, 2.05) is 19.0 Å². The van der Waals surface area contributed by atoms with Crippen LogP contribution in [-0.2, 0) is 0 Å². The summed E-state index contributed by atoms with van der Waals surface area (Å²) in [6.07, 6.45) is 0. The van der Waals surface area contributed by atoms with Gasteiger partial charge >= 0.3 is 5.97 Å². The summed E-state index contributed by atoms with van der Waals surface area (Å²) in [5.41, 5.74) is -0.0727. The molecule has 0 aliphatic carbocycles. The summed E-state index contributed by atoms with van der Waals surface area (Å²) >= 11 is 0. The molecule has 0 saturated carbocycles. The van der Waals surface area contributed by atoms with E-state index in [0.717, 1.165) is 12.6 Å². The van der Waals surface area contributed by atoms with Gasteiger partial charge in [0.2, 0.25) is 0 Å². The summed E-state index contributed by atoms with van der Waals surface area (Å²) in [7, 11) is 3.85. The number of hydrogen-bond donors (Lipinski definition) is 2. The highest BCUT2D eigenvalue weighted by molar-refractivity contribution is 5.91. The number of hydrogen-bond acceptors (Lipinski definition) is 4. The third-order valence-corrected chi connectivity index (χ3v) is 2.85. The molecule has 1 aromatic carbocycles.